The van der Waals surface area contributed by atoms with Crippen molar-refractivity contribution in [3.63, 3.8) is 0 Å². The van der Waals surface area contributed by atoms with E-state index in [-0.39, 0.29) is 20.1 Å². The van der Waals surface area contributed by atoms with Gasteiger partial charge in [0.1, 0.15) is 23.3 Å². The number of hydrogen-bond acceptors (Lipinski definition) is 2. The summed E-state index contributed by atoms with van der Waals surface area (Å²) in [5, 5.41) is 4.59. The summed E-state index contributed by atoms with van der Waals surface area (Å²) in [4.78, 5) is 0. The lowest BCUT2D eigenvalue weighted by Crippen LogP contribution is -1.96. The first-order chi connectivity index (χ1) is 14.4. The van der Waals surface area contributed by atoms with E-state index in [4.69, 9.17) is 0 Å². The Morgan fingerprint density at radius 3 is 1.33 bits per heavy atom. The predicted molar refractivity (Wildman–Crippen MR) is 123 cm³/mol. The van der Waals surface area contributed by atoms with Crippen LogP contribution in [-0.2, 0) is 0 Å². The second-order valence-corrected chi connectivity index (χ2v) is 10.1. The van der Waals surface area contributed by atoms with Gasteiger partial charge in [0.25, 0.3) is 0 Å². The monoisotopic (exact) mass is 570 g/mol. The highest BCUT2D eigenvalue weighted by Gasteiger charge is 2.26. The van der Waals surface area contributed by atoms with Crippen LogP contribution in [0, 0.1) is 23.3 Å². The molecule has 150 valence electrons. The summed E-state index contributed by atoms with van der Waals surface area (Å²) < 4.78 is 61.1. The number of rotatable bonds is 2. The van der Waals surface area contributed by atoms with Crippen molar-refractivity contribution in [3.8, 4) is 22.3 Å². The van der Waals surface area contributed by atoms with E-state index in [0.717, 1.165) is 0 Å². The molecule has 0 spiro atoms. The van der Waals surface area contributed by atoms with Gasteiger partial charge in [0, 0.05) is 31.3 Å². The van der Waals surface area contributed by atoms with E-state index in [1.165, 1.54) is 46.9 Å². The maximum atomic E-state index is 15.0. The van der Waals surface area contributed by atoms with Crippen molar-refractivity contribution in [1.82, 2.24) is 0 Å². The van der Waals surface area contributed by atoms with Gasteiger partial charge < -0.3 is 0 Å². The third-order valence-electron chi connectivity index (χ3n) is 4.91. The zero-order valence-corrected chi connectivity index (χ0v) is 19.5. The fraction of sp³-hybridized carbons (Fsp3) is 0. The summed E-state index contributed by atoms with van der Waals surface area (Å²) in [7, 11) is 0. The van der Waals surface area contributed by atoms with E-state index < -0.39 is 23.3 Å². The molecule has 0 radical (unpaired) electrons. The molecule has 3 aromatic carbocycles. The van der Waals surface area contributed by atoms with E-state index in [1.807, 2.05) is 0 Å². The zero-order valence-electron chi connectivity index (χ0n) is 14.7. The maximum absolute atomic E-state index is 15.0. The van der Waals surface area contributed by atoms with Gasteiger partial charge in [-0.15, -0.1) is 22.7 Å². The second-order valence-electron chi connectivity index (χ2n) is 6.51. The average molecular weight is 572 g/mol. The Kier molecular flexibility index (Phi) is 5.01. The molecule has 8 heteroatoms. The van der Waals surface area contributed by atoms with Gasteiger partial charge in [-0.3, -0.25) is 0 Å². The van der Waals surface area contributed by atoms with E-state index in [9.17, 15) is 8.78 Å². The molecule has 0 unspecified atom stereocenters. The topological polar surface area (TPSA) is 0 Å². The number of hydrogen-bond donors (Lipinski definition) is 0. The van der Waals surface area contributed by atoms with Crippen LogP contribution in [0.2, 0.25) is 0 Å². The fourth-order valence-corrected chi connectivity index (χ4v) is 6.25. The van der Waals surface area contributed by atoms with Gasteiger partial charge in [-0.25, -0.2) is 17.6 Å². The highest BCUT2D eigenvalue weighted by molar-refractivity contribution is 9.10. The van der Waals surface area contributed by atoms with Crippen molar-refractivity contribution >= 4 is 74.7 Å². The van der Waals surface area contributed by atoms with Crippen molar-refractivity contribution in [2.75, 3.05) is 0 Å². The lowest BCUT2D eigenvalue weighted by atomic mass is 9.93. The van der Waals surface area contributed by atoms with Crippen LogP contribution in [0.4, 0.5) is 17.6 Å². The first-order valence-electron chi connectivity index (χ1n) is 8.58. The van der Waals surface area contributed by atoms with Crippen LogP contribution in [0.3, 0.4) is 0 Å². The molecule has 0 aliphatic carbocycles. The normalized spacial score (nSPS) is 11.7. The Hall–Kier alpha value is -1.74. The van der Waals surface area contributed by atoms with Crippen LogP contribution < -0.4 is 0 Å². The molecule has 0 atom stereocenters. The number of thiophene rings is 2. The van der Waals surface area contributed by atoms with Crippen molar-refractivity contribution in [3.05, 3.63) is 79.4 Å². The van der Waals surface area contributed by atoms with Crippen LogP contribution in [0.1, 0.15) is 0 Å². The average Bonchev–Trinajstić information content (AvgIpc) is 3.39. The minimum absolute atomic E-state index is 0.139. The second kappa shape index (κ2) is 7.44. The molecular formula is C22H8Br2F4S2. The van der Waals surface area contributed by atoms with Crippen molar-refractivity contribution < 1.29 is 17.6 Å². The van der Waals surface area contributed by atoms with Gasteiger partial charge in [-0.1, -0.05) is 0 Å². The number of halogens is 6. The largest absolute Gasteiger partial charge is 0.206 e. The molecule has 0 amide bonds. The van der Waals surface area contributed by atoms with Crippen molar-refractivity contribution in [1.29, 1.82) is 0 Å². The molecule has 0 saturated carbocycles. The Bertz CT molecular complexity index is 1310. The van der Waals surface area contributed by atoms with Crippen molar-refractivity contribution in [2.24, 2.45) is 0 Å². The molecule has 30 heavy (non-hydrogen) atoms. The van der Waals surface area contributed by atoms with E-state index >= 15 is 8.78 Å². The summed E-state index contributed by atoms with van der Waals surface area (Å²) in [5.74, 6) is -2.84. The summed E-state index contributed by atoms with van der Waals surface area (Å²) in [6.07, 6.45) is 0. The van der Waals surface area contributed by atoms with E-state index in [2.05, 4.69) is 31.9 Å². The minimum Gasteiger partial charge on any atom is -0.206 e. The molecule has 0 aliphatic heterocycles. The third kappa shape index (κ3) is 2.88. The summed E-state index contributed by atoms with van der Waals surface area (Å²) >= 11 is 8.80. The molecule has 0 fully saturated rings. The van der Waals surface area contributed by atoms with Gasteiger partial charge in [0.05, 0.1) is 20.1 Å². The molecule has 0 saturated heterocycles. The summed E-state index contributed by atoms with van der Waals surface area (Å²) in [6, 6.07) is 8.47. The Morgan fingerprint density at radius 1 is 0.533 bits per heavy atom. The maximum Gasteiger partial charge on any atom is 0.148 e. The molecule has 0 N–H and O–H groups in total. The molecule has 2 aromatic heterocycles. The van der Waals surface area contributed by atoms with E-state index in [1.54, 1.807) is 22.9 Å². The summed E-state index contributed by atoms with van der Waals surface area (Å²) in [6.45, 7) is 0. The van der Waals surface area contributed by atoms with Gasteiger partial charge in [0.2, 0.25) is 0 Å². The van der Waals surface area contributed by atoms with Gasteiger partial charge >= 0.3 is 0 Å². The lowest BCUT2D eigenvalue weighted by molar-refractivity contribution is 0.585. The fourth-order valence-electron chi connectivity index (χ4n) is 3.65. The molecule has 0 nitrogen and oxygen atoms in total. The van der Waals surface area contributed by atoms with E-state index in [0.29, 0.717) is 31.3 Å². The third-order valence-corrected chi connectivity index (χ3v) is 8.00. The van der Waals surface area contributed by atoms with Crippen LogP contribution in [0.15, 0.2) is 56.1 Å². The Balaban J connectivity index is 2.01. The first-order valence-corrected chi connectivity index (χ1v) is 11.9. The first kappa shape index (κ1) is 20.2. The van der Waals surface area contributed by atoms with Crippen LogP contribution >= 0.6 is 54.5 Å². The molecule has 5 rings (SSSR count). The molecular weight excluding hydrogens is 564 g/mol. The van der Waals surface area contributed by atoms with Gasteiger partial charge in [-0.2, -0.15) is 0 Å². The van der Waals surface area contributed by atoms with Gasteiger partial charge in [-0.05, 0) is 79.0 Å². The van der Waals surface area contributed by atoms with Crippen LogP contribution in [0.25, 0.3) is 42.4 Å². The van der Waals surface area contributed by atoms with Crippen LogP contribution in [0.5, 0.6) is 0 Å². The highest BCUT2D eigenvalue weighted by Crippen LogP contribution is 2.50. The lowest BCUT2D eigenvalue weighted by Gasteiger charge is -2.15. The number of fused-ring (bicyclic) bond motifs is 2. The van der Waals surface area contributed by atoms with Gasteiger partial charge in [0.15, 0.2) is 0 Å². The molecule has 5 aromatic rings. The Morgan fingerprint density at radius 2 is 0.933 bits per heavy atom. The smallest absolute Gasteiger partial charge is 0.148 e. The van der Waals surface area contributed by atoms with Crippen LogP contribution in [-0.4, -0.2) is 0 Å². The number of benzene rings is 3. The van der Waals surface area contributed by atoms with Crippen molar-refractivity contribution in [2.45, 2.75) is 0 Å². The molecule has 2 heterocycles. The molecule has 0 bridgehead atoms. The minimum atomic E-state index is -0.718. The Labute approximate surface area is 193 Å². The zero-order chi connectivity index (χ0) is 21.2. The predicted octanol–water partition coefficient (Wildman–Crippen LogP) is 9.53. The molecule has 0 aliphatic rings. The highest BCUT2D eigenvalue weighted by atomic mass is 79.9. The standard InChI is InChI=1S/C22H8Br2F4S2/c23-11-1-3-13(25)17(19(11)27)15-9-5-7-30-22(9)16(10-6-8-29-21(10)15)18-14(26)4-2-12(24)20(18)28/h1-8H. The SMILES string of the molecule is Fc1ccc(Br)c(F)c1-c1c2ccsc2c(-c2c(F)ccc(Br)c2F)c2ccsc12. The summed E-state index contributed by atoms with van der Waals surface area (Å²) in [5.41, 5.74) is 0.433. The quantitative estimate of drug-likeness (QED) is 0.146.